The molecule has 0 aliphatic heterocycles. The van der Waals surface area contributed by atoms with Gasteiger partial charge in [0.05, 0.1) is 4.75 Å². The van der Waals surface area contributed by atoms with Gasteiger partial charge in [-0.2, -0.15) is 0 Å². The predicted molar refractivity (Wildman–Crippen MR) is 58.7 cm³/mol. The standard InChI is InChI=1S/C9H15NO5S/c1-9(2,16(3,14)15)6-10-7(11)4-5-8(12)13/h4-5H,6H2,1-3H3,(H,10,11)(H,12,13). The topological polar surface area (TPSA) is 101 Å². The third kappa shape index (κ3) is 4.92. The van der Waals surface area contributed by atoms with Gasteiger partial charge < -0.3 is 10.4 Å². The Bertz CT molecular complexity index is 408. The first-order chi connectivity index (χ1) is 7.06. The number of nitrogens with one attached hydrogen (secondary N) is 1. The Morgan fingerprint density at radius 3 is 2.19 bits per heavy atom. The Balaban J connectivity index is 4.38. The second-order valence-corrected chi connectivity index (χ2v) is 6.57. The van der Waals surface area contributed by atoms with Gasteiger partial charge in [0.2, 0.25) is 5.91 Å². The molecule has 0 aromatic rings. The van der Waals surface area contributed by atoms with Gasteiger partial charge in [-0.05, 0) is 13.8 Å². The van der Waals surface area contributed by atoms with E-state index >= 15 is 0 Å². The third-order valence-electron chi connectivity index (χ3n) is 2.07. The quantitative estimate of drug-likeness (QED) is 0.644. The monoisotopic (exact) mass is 249 g/mol. The van der Waals surface area contributed by atoms with Crippen molar-refractivity contribution < 1.29 is 23.1 Å². The molecule has 0 rings (SSSR count). The maximum atomic E-state index is 11.3. The highest BCUT2D eigenvalue weighted by Crippen LogP contribution is 2.13. The highest BCUT2D eigenvalue weighted by Gasteiger charge is 2.30. The number of hydrogen-bond donors (Lipinski definition) is 2. The molecule has 6 nitrogen and oxygen atoms in total. The summed E-state index contributed by atoms with van der Waals surface area (Å²) < 4.78 is 21.5. The zero-order valence-corrected chi connectivity index (χ0v) is 10.2. The van der Waals surface area contributed by atoms with Crippen molar-refractivity contribution >= 4 is 21.7 Å². The van der Waals surface area contributed by atoms with E-state index in [9.17, 15) is 18.0 Å². The van der Waals surface area contributed by atoms with E-state index in [1.165, 1.54) is 13.8 Å². The molecule has 0 spiro atoms. The molecule has 1 amide bonds. The van der Waals surface area contributed by atoms with Gasteiger partial charge in [0.1, 0.15) is 0 Å². The summed E-state index contributed by atoms with van der Waals surface area (Å²) in [6.45, 7) is 2.88. The smallest absolute Gasteiger partial charge is 0.328 e. The fourth-order valence-electron chi connectivity index (χ4n) is 0.637. The fraction of sp³-hybridized carbons (Fsp3) is 0.556. The Morgan fingerprint density at radius 2 is 1.81 bits per heavy atom. The van der Waals surface area contributed by atoms with Crippen LogP contribution >= 0.6 is 0 Å². The van der Waals surface area contributed by atoms with Crippen LogP contribution in [0, 0.1) is 0 Å². The van der Waals surface area contributed by atoms with Gasteiger partial charge in [-0.3, -0.25) is 4.79 Å². The van der Waals surface area contributed by atoms with E-state index in [0.29, 0.717) is 6.08 Å². The van der Waals surface area contributed by atoms with Crippen LogP contribution in [0.1, 0.15) is 13.8 Å². The van der Waals surface area contributed by atoms with Crippen molar-refractivity contribution in [1.82, 2.24) is 5.32 Å². The van der Waals surface area contributed by atoms with E-state index in [4.69, 9.17) is 5.11 Å². The van der Waals surface area contributed by atoms with Crippen molar-refractivity contribution in [2.75, 3.05) is 12.8 Å². The molecule has 0 unspecified atom stereocenters. The molecule has 0 fully saturated rings. The van der Waals surface area contributed by atoms with Gasteiger partial charge in [-0.25, -0.2) is 13.2 Å². The normalized spacial score (nSPS) is 12.7. The highest BCUT2D eigenvalue weighted by molar-refractivity contribution is 7.92. The Morgan fingerprint density at radius 1 is 1.31 bits per heavy atom. The number of amides is 1. The van der Waals surface area contributed by atoms with Crippen molar-refractivity contribution in [3.05, 3.63) is 12.2 Å². The first-order valence-corrected chi connectivity index (χ1v) is 6.34. The summed E-state index contributed by atoms with van der Waals surface area (Å²) in [7, 11) is -3.28. The summed E-state index contributed by atoms with van der Waals surface area (Å²) in [5.41, 5.74) is 0. The number of rotatable bonds is 5. The van der Waals surface area contributed by atoms with Crippen molar-refractivity contribution in [2.45, 2.75) is 18.6 Å². The molecule has 0 bridgehead atoms. The Hall–Kier alpha value is -1.37. The largest absolute Gasteiger partial charge is 0.478 e. The minimum atomic E-state index is -3.28. The predicted octanol–water partition coefficient (Wildman–Crippen LogP) is -0.433. The lowest BCUT2D eigenvalue weighted by atomic mass is 10.2. The van der Waals surface area contributed by atoms with E-state index < -0.39 is 26.5 Å². The molecule has 0 aliphatic rings. The van der Waals surface area contributed by atoms with Crippen LogP contribution in [-0.2, 0) is 19.4 Å². The molecule has 7 heteroatoms. The minimum absolute atomic E-state index is 0.0748. The SMILES string of the molecule is CC(C)(CNC(=O)C=CC(=O)O)S(C)(=O)=O. The van der Waals surface area contributed by atoms with Gasteiger partial charge in [0.15, 0.2) is 9.84 Å². The van der Waals surface area contributed by atoms with Gasteiger partial charge >= 0.3 is 5.97 Å². The van der Waals surface area contributed by atoms with Crippen LogP contribution in [0.5, 0.6) is 0 Å². The van der Waals surface area contributed by atoms with E-state index in [2.05, 4.69) is 5.32 Å². The lowest BCUT2D eigenvalue weighted by molar-refractivity contribution is -0.131. The maximum absolute atomic E-state index is 11.3. The van der Waals surface area contributed by atoms with E-state index in [1.54, 1.807) is 0 Å². The number of carbonyl (C=O) groups is 2. The van der Waals surface area contributed by atoms with E-state index in [-0.39, 0.29) is 6.54 Å². The van der Waals surface area contributed by atoms with E-state index in [0.717, 1.165) is 12.3 Å². The minimum Gasteiger partial charge on any atom is -0.478 e. The number of carboxylic acids is 1. The summed E-state index contributed by atoms with van der Waals surface area (Å²) in [6, 6.07) is 0. The van der Waals surface area contributed by atoms with Gasteiger partial charge in [-0.1, -0.05) is 0 Å². The average Bonchev–Trinajstić information content (AvgIpc) is 2.09. The number of sulfone groups is 1. The molecule has 0 saturated carbocycles. The molecule has 0 aromatic heterocycles. The highest BCUT2D eigenvalue weighted by atomic mass is 32.2. The Kier molecular flexibility index (Phi) is 4.67. The Labute approximate surface area is 94.3 Å². The molecule has 92 valence electrons. The molecular formula is C9H15NO5S. The molecule has 16 heavy (non-hydrogen) atoms. The van der Waals surface area contributed by atoms with Gasteiger partial charge in [0.25, 0.3) is 0 Å². The molecule has 0 aromatic carbocycles. The fourth-order valence-corrected chi connectivity index (χ4v) is 0.971. The van der Waals surface area contributed by atoms with Crippen molar-refractivity contribution in [3.63, 3.8) is 0 Å². The molecular weight excluding hydrogens is 234 g/mol. The number of hydrogen-bond acceptors (Lipinski definition) is 4. The number of carbonyl (C=O) groups excluding carboxylic acids is 1. The molecule has 2 N–H and O–H groups in total. The maximum Gasteiger partial charge on any atom is 0.328 e. The van der Waals surface area contributed by atoms with E-state index in [1.807, 2.05) is 0 Å². The first-order valence-electron chi connectivity index (χ1n) is 4.45. The van der Waals surface area contributed by atoms with Crippen LogP contribution in [0.3, 0.4) is 0 Å². The van der Waals surface area contributed by atoms with Crippen LogP contribution in [0.4, 0.5) is 0 Å². The molecule has 0 heterocycles. The third-order valence-corrected chi connectivity index (χ3v) is 4.22. The van der Waals surface area contributed by atoms with Crippen molar-refractivity contribution in [3.8, 4) is 0 Å². The second-order valence-electron chi connectivity index (χ2n) is 3.92. The van der Waals surface area contributed by atoms with Crippen LogP contribution < -0.4 is 5.32 Å². The van der Waals surface area contributed by atoms with Crippen LogP contribution in [-0.4, -0.2) is 42.9 Å². The summed E-state index contributed by atoms with van der Waals surface area (Å²) in [4.78, 5) is 21.2. The molecule has 0 aliphatic carbocycles. The van der Waals surface area contributed by atoms with Crippen molar-refractivity contribution in [1.29, 1.82) is 0 Å². The lowest BCUT2D eigenvalue weighted by Gasteiger charge is -2.22. The molecule has 0 atom stereocenters. The summed E-state index contributed by atoms with van der Waals surface area (Å²) in [5.74, 6) is -1.88. The van der Waals surface area contributed by atoms with Crippen LogP contribution in [0.25, 0.3) is 0 Å². The molecule has 0 radical (unpaired) electrons. The van der Waals surface area contributed by atoms with Crippen molar-refractivity contribution in [2.24, 2.45) is 0 Å². The van der Waals surface area contributed by atoms with Crippen LogP contribution in [0.15, 0.2) is 12.2 Å². The number of carboxylic acid groups (broad SMARTS) is 1. The lowest BCUT2D eigenvalue weighted by Crippen LogP contribution is -2.43. The van der Waals surface area contributed by atoms with Crippen LogP contribution in [0.2, 0.25) is 0 Å². The summed E-state index contributed by atoms with van der Waals surface area (Å²) in [5, 5.41) is 10.6. The summed E-state index contributed by atoms with van der Waals surface area (Å²) >= 11 is 0. The zero-order chi connectivity index (χ0) is 13.0. The average molecular weight is 249 g/mol. The van der Waals surface area contributed by atoms with Gasteiger partial charge in [0, 0.05) is 25.0 Å². The zero-order valence-electron chi connectivity index (χ0n) is 9.35. The van der Waals surface area contributed by atoms with Gasteiger partial charge in [-0.15, -0.1) is 0 Å². The first kappa shape index (κ1) is 14.6. The molecule has 0 saturated heterocycles. The second kappa shape index (κ2) is 5.11. The number of aliphatic carboxylic acids is 1. The summed E-state index contributed by atoms with van der Waals surface area (Å²) in [6.07, 6.45) is 2.59.